The van der Waals surface area contributed by atoms with E-state index in [9.17, 15) is 18.0 Å². The summed E-state index contributed by atoms with van der Waals surface area (Å²) in [7, 11) is 0. The van der Waals surface area contributed by atoms with Crippen LogP contribution in [0.4, 0.5) is 13.2 Å². The fourth-order valence-corrected chi connectivity index (χ4v) is 2.32. The number of rotatable bonds is 3. The minimum Gasteiger partial charge on any atom is -0.322 e. The monoisotopic (exact) mass is 301 g/mol. The van der Waals surface area contributed by atoms with Crippen LogP contribution >= 0.6 is 11.3 Å². The van der Waals surface area contributed by atoms with Gasteiger partial charge < -0.3 is 5.73 Å². The topological polar surface area (TPSA) is 68.9 Å². The third-order valence-electron chi connectivity index (χ3n) is 2.52. The summed E-state index contributed by atoms with van der Waals surface area (Å²) in [6.45, 7) is 1.68. The Hall–Kier alpha value is -1.80. The van der Waals surface area contributed by atoms with Crippen molar-refractivity contribution in [1.82, 2.24) is 9.97 Å². The second-order valence-electron chi connectivity index (χ2n) is 4.11. The standard InChI is InChI=1S/C12H10F3N3OS/c1-6(16)11-18-9(5-20-11)10(19)7-4-17-3-2-8(7)12(13,14)15/h2-6H,16H2,1H3. The molecule has 0 amide bonds. The number of nitrogens with two attached hydrogens (primary N) is 1. The van der Waals surface area contributed by atoms with Gasteiger partial charge in [-0.05, 0) is 13.0 Å². The number of carbonyl (C=O) groups excluding carboxylic acids is 1. The fourth-order valence-electron chi connectivity index (χ4n) is 1.56. The molecule has 1 unspecified atom stereocenters. The first-order valence-corrected chi connectivity index (χ1v) is 6.45. The van der Waals surface area contributed by atoms with Gasteiger partial charge >= 0.3 is 6.18 Å². The maximum absolute atomic E-state index is 12.8. The molecule has 0 radical (unpaired) electrons. The van der Waals surface area contributed by atoms with Crippen LogP contribution in [-0.4, -0.2) is 15.8 Å². The highest BCUT2D eigenvalue weighted by Crippen LogP contribution is 2.32. The molecule has 0 saturated heterocycles. The summed E-state index contributed by atoms with van der Waals surface area (Å²) >= 11 is 1.14. The average Bonchev–Trinajstić information content (AvgIpc) is 2.86. The molecule has 0 aliphatic rings. The van der Waals surface area contributed by atoms with Gasteiger partial charge in [-0.2, -0.15) is 13.2 Å². The molecule has 20 heavy (non-hydrogen) atoms. The van der Waals surface area contributed by atoms with Crippen LogP contribution in [0, 0.1) is 0 Å². The smallest absolute Gasteiger partial charge is 0.322 e. The van der Waals surface area contributed by atoms with Crippen LogP contribution in [0.15, 0.2) is 23.8 Å². The zero-order chi connectivity index (χ0) is 14.9. The number of ketones is 1. The van der Waals surface area contributed by atoms with Crippen LogP contribution in [0.2, 0.25) is 0 Å². The maximum atomic E-state index is 12.8. The van der Waals surface area contributed by atoms with Crippen molar-refractivity contribution in [3.05, 3.63) is 45.7 Å². The molecule has 106 valence electrons. The first-order valence-electron chi connectivity index (χ1n) is 5.57. The molecule has 0 aliphatic carbocycles. The van der Waals surface area contributed by atoms with Gasteiger partial charge in [0.25, 0.3) is 0 Å². The van der Waals surface area contributed by atoms with Crippen molar-refractivity contribution in [3.8, 4) is 0 Å². The second kappa shape index (κ2) is 5.29. The number of hydrogen-bond acceptors (Lipinski definition) is 5. The summed E-state index contributed by atoms with van der Waals surface area (Å²) in [4.78, 5) is 19.6. The number of hydrogen-bond donors (Lipinski definition) is 1. The van der Waals surface area contributed by atoms with Gasteiger partial charge in [-0.25, -0.2) is 4.98 Å². The normalized spacial score (nSPS) is 13.2. The van der Waals surface area contributed by atoms with E-state index in [0.717, 1.165) is 29.8 Å². The number of carbonyl (C=O) groups is 1. The molecule has 8 heteroatoms. The molecule has 2 N–H and O–H groups in total. The Labute approximate surface area is 116 Å². The Morgan fingerprint density at radius 2 is 2.15 bits per heavy atom. The van der Waals surface area contributed by atoms with E-state index in [2.05, 4.69) is 9.97 Å². The van der Waals surface area contributed by atoms with Gasteiger partial charge in [0.15, 0.2) is 0 Å². The number of thiazole rings is 1. The van der Waals surface area contributed by atoms with Gasteiger partial charge in [-0.1, -0.05) is 0 Å². The van der Waals surface area contributed by atoms with Gasteiger partial charge in [-0.3, -0.25) is 9.78 Å². The van der Waals surface area contributed by atoms with Crippen LogP contribution < -0.4 is 5.73 Å². The van der Waals surface area contributed by atoms with Gasteiger partial charge in [0, 0.05) is 17.8 Å². The van der Waals surface area contributed by atoms with Gasteiger partial charge in [0.2, 0.25) is 5.78 Å². The second-order valence-corrected chi connectivity index (χ2v) is 5.00. The van der Waals surface area contributed by atoms with Gasteiger partial charge in [-0.15, -0.1) is 11.3 Å². The zero-order valence-corrected chi connectivity index (χ0v) is 11.1. The summed E-state index contributed by atoms with van der Waals surface area (Å²) in [5.41, 5.74) is 4.02. The largest absolute Gasteiger partial charge is 0.417 e. The molecule has 0 aromatic carbocycles. The van der Waals surface area contributed by atoms with E-state index in [4.69, 9.17) is 5.73 Å². The highest BCUT2D eigenvalue weighted by molar-refractivity contribution is 7.09. The van der Waals surface area contributed by atoms with Gasteiger partial charge in [0.1, 0.15) is 10.7 Å². The van der Waals surface area contributed by atoms with Crippen LogP contribution in [0.5, 0.6) is 0 Å². The van der Waals surface area contributed by atoms with Crippen LogP contribution in [0.3, 0.4) is 0 Å². The third kappa shape index (κ3) is 2.86. The average molecular weight is 301 g/mol. The Kier molecular flexibility index (Phi) is 3.87. The van der Waals surface area contributed by atoms with E-state index in [1.807, 2.05) is 0 Å². The maximum Gasteiger partial charge on any atom is 0.417 e. The summed E-state index contributed by atoms with van der Waals surface area (Å²) in [6, 6.07) is 0.393. The van der Waals surface area contributed by atoms with Crippen molar-refractivity contribution in [3.63, 3.8) is 0 Å². The van der Waals surface area contributed by atoms with Crippen LogP contribution in [-0.2, 0) is 6.18 Å². The molecule has 0 saturated carbocycles. The van der Waals surface area contributed by atoms with Crippen molar-refractivity contribution < 1.29 is 18.0 Å². The van der Waals surface area contributed by atoms with E-state index < -0.39 is 23.1 Å². The summed E-state index contributed by atoms with van der Waals surface area (Å²) in [5.74, 6) is -0.812. The number of halogens is 3. The molecule has 2 rings (SSSR count). The quantitative estimate of drug-likeness (QED) is 0.885. The van der Waals surface area contributed by atoms with E-state index in [-0.39, 0.29) is 11.7 Å². The molecule has 0 fully saturated rings. The first kappa shape index (κ1) is 14.6. The highest BCUT2D eigenvalue weighted by Gasteiger charge is 2.35. The summed E-state index contributed by atoms with van der Waals surface area (Å²) < 4.78 is 38.5. The lowest BCUT2D eigenvalue weighted by Crippen LogP contribution is -2.14. The summed E-state index contributed by atoms with van der Waals surface area (Å²) in [5, 5.41) is 1.89. The van der Waals surface area contributed by atoms with Crippen molar-refractivity contribution in [2.24, 2.45) is 5.73 Å². The molecular formula is C12H10F3N3OS. The molecule has 0 aliphatic heterocycles. The number of pyridine rings is 1. The molecule has 0 spiro atoms. The predicted octanol–water partition coefficient (Wildman–Crippen LogP) is 2.81. The lowest BCUT2D eigenvalue weighted by atomic mass is 10.0. The lowest BCUT2D eigenvalue weighted by molar-refractivity contribution is -0.137. The zero-order valence-electron chi connectivity index (χ0n) is 10.3. The van der Waals surface area contributed by atoms with Crippen LogP contribution in [0.1, 0.15) is 39.6 Å². The van der Waals surface area contributed by atoms with Crippen molar-refractivity contribution in [1.29, 1.82) is 0 Å². The Morgan fingerprint density at radius 1 is 1.45 bits per heavy atom. The van der Waals surface area contributed by atoms with E-state index in [1.165, 1.54) is 5.38 Å². The van der Waals surface area contributed by atoms with Gasteiger partial charge in [0.05, 0.1) is 17.2 Å². The van der Waals surface area contributed by atoms with Crippen molar-refractivity contribution >= 4 is 17.1 Å². The third-order valence-corrected chi connectivity index (χ3v) is 3.56. The Morgan fingerprint density at radius 3 is 2.70 bits per heavy atom. The number of alkyl halides is 3. The fraction of sp³-hybridized carbons (Fsp3) is 0.250. The first-order chi connectivity index (χ1) is 9.30. The molecule has 2 aromatic heterocycles. The van der Waals surface area contributed by atoms with Crippen LogP contribution in [0.25, 0.3) is 0 Å². The molecule has 2 aromatic rings. The minimum absolute atomic E-state index is 0.0548. The van der Waals surface area contributed by atoms with E-state index >= 15 is 0 Å². The summed E-state index contributed by atoms with van der Waals surface area (Å²) in [6.07, 6.45) is -2.72. The predicted molar refractivity (Wildman–Crippen MR) is 67.4 cm³/mol. The van der Waals surface area contributed by atoms with Crippen molar-refractivity contribution in [2.45, 2.75) is 19.1 Å². The Bertz CT molecular complexity index is 637. The molecule has 2 heterocycles. The van der Waals surface area contributed by atoms with E-state index in [0.29, 0.717) is 5.01 Å². The highest BCUT2D eigenvalue weighted by atomic mass is 32.1. The Balaban J connectivity index is 2.43. The molecule has 4 nitrogen and oxygen atoms in total. The number of aromatic nitrogens is 2. The van der Waals surface area contributed by atoms with E-state index in [1.54, 1.807) is 6.92 Å². The SMILES string of the molecule is CC(N)c1nc(C(=O)c2cnccc2C(F)(F)F)cs1. The molecular weight excluding hydrogens is 291 g/mol. The minimum atomic E-state index is -4.62. The molecule has 1 atom stereocenters. The molecule has 0 bridgehead atoms. The number of nitrogens with zero attached hydrogens (tertiary/aromatic N) is 2. The lowest BCUT2D eigenvalue weighted by Gasteiger charge is -2.10. The van der Waals surface area contributed by atoms with Crippen molar-refractivity contribution in [2.75, 3.05) is 0 Å².